The first kappa shape index (κ1) is 9.44. The molecule has 0 saturated carbocycles. The molecule has 0 amide bonds. The summed E-state index contributed by atoms with van der Waals surface area (Å²) in [5, 5.41) is 4.32. The minimum Gasteiger partial charge on any atom is -0.294 e. The maximum Gasteiger partial charge on any atom is 0.166 e. The van der Waals surface area contributed by atoms with Gasteiger partial charge in [0.2, 0.25) is 0 Å². The van der Waals surface area contributed by atoms with Crippen LogP contribution in [0.2, 0.25) is 0 Å². The molecule has 0 bridgehead atoms. The van der Waals surface area contributed by atoms with E-state index in [0.717, 1.165) is 24.1 Å². The Hall–Kier alpha value is -1.12. The number of ketones is 1. The SMILES string of the molecule is CC(C)(C)n1ncc2c1CCCC2=O. The van der Waals surface area contributed by atoms with Crippen molar-refractivity contribution in [1.29, 1.82) is 0 Å². The number of rotatable bonds is 0. The van der Waals surface area contributed by atoms with E-state index >= 15 is 0 Å². The third-order valence-electron chi connectivity index (χ3n) is 2.62. The number of aromatic nitrogens is 2. The molecule has 0 radical (unpaired) electrons. The molecule has 1 heterocycles. The topological polar surface area (TPSA) is 34.9 Å². The molecule has 14 heavy (non-hydrogen) atoms. The van der Waals surface area contributed by atoms with E-state index in [-0.39, 0.29) is 11.3 Å². The van der Waals surface area contributed by atoms with Gasteiger partial charge in [0.15, 0.2) is 5.78 Å². The number of carbonyl (C=O) groups is 1. The number of nitrogens with zero attached hydrogens (tertiary/aromatic N) is 2. The lowest BCUT2D eigenvalue weighted by Crippen LogP contribution is -2.27. The molecule has 0 saturated heterocycles. The smallest absolute Gasteiger partial charge is 0.166 e. The van der Waals surface area contributed by atoms with Crippen molar-refractivity contribution in [2.75, 3.05) is 0 Å². The molecule has 0 N–H and O–H groups in total. The van der Waals surface area contributed by atoms with Crippen LogP contribution in [0.25, 0.3) is 0 Å². The second kappa shape index (κ2) is 2.94. The van der Waals surface area contributed by atoms with Gasteiger partial charge in [-0.15, -0.1) is 0 Å². The number of hydrogen-bond acceptors (Lipinski definition) is 2. The normalized spacial score (nSPS) is 16.9. The fourth-order valence-electron chi connectivity index (χ4n) is 1.98. The van der Waals surface area contributed by atoms with Crippen LogP contribution < -0.4 is 0 Å². The second-order valence-electron chi connectivity index (χ2n) is 4.86. The fraction of sp³-hybridized carbons (Fsp3) is 0.636. The van der Waals surface area contributed by atoms with Crippen molar-refractivity contribution in [2.45, 2.75) is 45.6 Å². The van der Waals surface area contributed by atoms with E-state index in [4.69, 9.17) is 0 Å². The van der Waals surface area contributed by atoms with E-state index < -0.39 is 0 Å². The lowest BCUT2D eigenvalue weighted by molar-refractivity contribution is 0.0971. The molecule has 3 nitrogen and oxygen atoms in total. The minimum atomic E-state index is -0.0226. The van der Waals surface area contributed by atoms with Crippen molar-refractivity contribution >= 4 is 5.78 Å². The highest BCUT2D eigenvalue weighted by atomic mass is 16.1. The van der Waals surface area contributed by atoms with E-state index in [0.29, 0.717) is 6.42 Å². The zero-order valence-corrected chi connectivity index (χ0v) is 9.00. The molecule has 0 unspecified atom stereocenters. The molecule has 1 aliphatic rings. The molecule has 0 spiro atoms. The molecule has 1 aromatic rings. The first-order chi connectivity index (χ1) is 6.50. The van der Waals surface area contributed by atoms with Gasteiger partial charge in [0.25, 0.3) is 0 Å². The van der Waals surface area contributed by atoms with Gasteiger partial charge in [-0.1, -0.05) is 0 Å². The summed E-state index contributed by atoms with van der Waals surface area (Å²) >= 11 is 0. The average molecular weight is 192 g/mol. The summed E-state index contributed by atoms with van der Waals surface area (Å²) in [6, 6.07) is 0. The highest BCUT2D eigenvalue weighted by Gasteiger charge is 2.26. The maximum atomic E-state index is 11.6. The molecule has 0 aromatic carbocycles. The molecular weight excluding hydrogens is 176 g/mol. The van der Waals surface area contributed by atoms with Crippen LogP contribution in [-0.4, -0.2) is 15.6 Å². The number of carbonyl (C=O) groups excluding carboxylic acids is 1. The van der Waals surface area contributed by atoms with Gasteiger partial charge in [-0.2, -0.15) is 5.10 Å². The number of hydrogen-bond donors (Lipinski definition) is 0. The van der Waals surface area contributed by atoms with Gasteiger partial charge in [0, 0.05) is 12.1 Å². The van der Waals surface area contributed by atoms with Crippen LogP contribution in [-0.2, 0) is 12.0 Å². The highest BCUT2D eigenvalue weighted by molar-refractivity contribution is 5.97. The Balaban J connectivity index is 2.51. The van der Waals surface area contributed by atoms with Crippen LogP contribution in [0.5, 0.6) is 0 Å². The molecule has 1 aromatic heterocycles. The van der Waals surface area contributed by atoms with Crippen LogP contribution >= 0.6 is 0 Å². The van der Waals surface area contributed by atoms with Gasteiger partial charge in [-0.3, -0.25) is 9.48 Å². The number of fused-ring (bicyclic) bond motifs is 1. The zero-order chi connectivity index (χ0) is 10.3. The summed E-state index contributed by atoms with van der Waals surface area (Å²) in [6.45, 7) is 6.33. The first-order valence-electron chi connectivity index (χ1n) is 5.11. The van der Waals surface area contributed by atoms with Gasteiger partial charge >= 0.3 is 0 Å². The van der Waals surface area contributed by atoms with E-state index in [1.54, 1.807) is 6.20 Å². The van der Waals surface area contributed by atoms with Crippen molar-refractivity contribution in [3.8, 4) is 0 Å². The molecule has 2 rings (SSSR count). The Morgan fingerprint density at radius 2 is 2.07 bits per heavy atom. The first-order valence-corrected chi connectivity index (χ1v) is 5.11. The van der Waals surface area contributed by atoms with Crippen molar-refractivity contribution in [3.05, 3.63) is 17.5 Å². The van der Waals surface area contributed by atoms with E-state index in [9.17, 15) is 4.79 Å². The van der Waals surface area contributed by atoms with Crippen molar-refractivity contribution < 1.29 is 4.79 Å². The summed E-state index contributed by atoms with van der Waals surface area (Å²) in [7, 11) is 0. The van der Waals surface area contributed by atoms with Gasteiger partial charge in [0.05, 0.1) is 17.3 Å². The third kappa shape index (κ3) is 1.37. The molecular formula is C11H16N2O. The van der Waals surface area contributed by atoms with Crippen molar-refractivity contribution in [3.63, 3.8) is 0 Å². The van der Waals surface area contributed by atoms with Crippen LogP contribution in [0, 0.1) is 0 Å². The minimum absolute atomic E-state index is 0.0226. The maximum absolute atomic E-state index is 11.6. The van der Waals surface area contributed by atoms with Crippen molar-refractivity contribution in [1.82, 2.24) is 9.78 Å². The highest BCUT2D eigenvalue weighted by Crippen LogP contribution is 2.25. The average Bonchev–Trinajstić information content (AvgIpc) is 2.47. The molecule has 0 fully saturated rings. The predicted molar refractivity (Wildman–Crippen MR) is 54.5 cm³/mol. The summed E-state index contributed by atoms with van der Waals surface area (Å²) in [5.74, 6) is 0.252. The van der Waals surface area contributed by atoms with Crippen LogP contribution in [0.1, 0.15) is 49.7 Å². The Morgan fingerprint density at radius 1 is 1.36 bits per heavy atom. The second-order valence-corrected chi connectivity index (χ2v) is 4.86. The summed E-state index contributed by atoms with van der Waals surface area (Å²) in [4.78, 5) is 11.6. The van der Waals surface area contributed by atoms with E-state index in [1.807, 2.05) is 4.68 Å². The quantitative estimate of drug-likeness (QED) is 0.631. The van der Waals surface area contributed by atoms with E-state index in [2.05, 4.69) is 25.9 Å². The summed E-state index contributed by atoms with van der Waals surface area (Å²) < 4.78 is 1.99. The van der Waals surface area contributed by atoms with Gasteiger partial charge in [-0.25, -0.2) is 0 Å². The predicted octanol–water partition coefficient (Wildman–Crippen LogP) is 2.16. The third-order valence-corrected chi connectivity index (χ3v) is 2.62. The van der Waals surface area contributed by atoms with Gasteiger partial charge < -0.3 is 0 Å². The number of Topliss-reactive ketones (excluding diaryl/α,β-unsaturated/α-hetero) is 1. The van der Waals surface area contributed by atoms with Crippen molar-refractivity contribution in [2.24, 2.45) is 0 Å². The van der Waals surface area contributed by atoms with Gasteiger partial charge in [-0.05, 0) is 33.6 Å². The molecule has 76 valence electrons. The largest absolute Gasteiger partial charge is 0.294 e. The Morgan fingerprint density at radius 3 is 2.71 bits per heavy atom. The summed E-state index contributed by atoms with van der Waals surface area (Å²) in [6.07, 6.45) is 4.36. The lowest BCUT2D eigenvalue weighted by atomic mass is 9.96. The van der Waals surface area contributed by atoms with E-state index in [1.165, 1.54) is 0 Å². The monoisotopic (exact) mass is 192 g/mol. The molecule has 3 heteroatoms. The standard InChI is InChI=1S/C11H16N2O/c1-11(2,3)13-9-5-4-6-10(14)8(9)7-12-13/h7H,4-6H2,1-3H3. The lowest BCUT2D eigenvalue weighted by Gasteiger charge is -2.24. The van der Waals surface area contributed by atoms with Crippen LogP contribution in [0.3, 0.4) is 0 Å². The van der Waals surface area contributed by atoms with Crippen LogP contribution in [0.4, 0.5) is 0 Å². The Bertz CT molecular complexity index is 371. The molecule has 0 atom stereocenters. The Labute approximate surface area is 84.1 Å². The van der Waals surface area contributed by atoms with Crippen LogP contribution in [0.15, 0.2) is 6.20 Å². The Kier molecular flexibility index (Phi) is 1.98. The molecule has 0 aliphatic heterocycles. The molecule has 1 aliphatic carbocycles. The zero-order valence-electron chi connectivity index (χ0n) is 9.00. The van der Waals surface area contributed by atoms with Gasteiger partial charge in [0.1, 0.15) is 0 Å². The summed E-state index contributed by atoms with van der Waals surface area (Å²) in [5.41, 5.74) is 1.94. The fourth-order valence-corrected chi connectivity index (χ4v) is 1.98.